The first-order chi connectivity index (χ1) is 9.24. The van der Waals surface area contributed by atoms with Crippen LogP contribution in [0.3, 0.4) is 0 Å². The van der Waals surface area contributed by atoms with E-state index in [0.29, 0.717) is 5.02 Å². The van der Waals surface area contributed by atoms with Gasteiger partial charge < -0.3 is 0 Å². The molecule has 4 heteroatoms. The minimum atomic E-state index is -0.230. The summed E-state index contributed by atoms with van der Waals surface area (Å²) >= 11 is 7.35. The zero-order valence-electron chi connectivity index (χ0n) is 9.92. The Morgan fingerprint density at radius 3 is 2.37 bits per heavy atom. The average molecular weight is 288 g/mol. The Labute approximate surface area is 120 Å². The van der Waals surface area contributed by atoms with E-state index in [1.54, 1.807) is 12.1 Å². The molecule has 0 spiro atoms. The van der Waals surface area contributed by atoms with Crippen LogP contribution < -0.4 is 0 Å². The van der Waals surface area contributed by atoms with Crippen molar-refractivity contribution >= 4 is 34.3 Å². The van der Waals surface area contributed by atoms with Crippen molar-refractivity contribution in [3.63, 3.8) is 0 Å². The maximum atomic E-state index is 12.0. The number of carbonyl (C=O) groups is 1. The molecule has 0 saturated carbocycles. The Morgan fingerprint density at radius 2 is 1.68 bits per heavy atom. The van der Waals surface area contributed by atoms with E-state index in [1.807, 2.05) is 42.5 Å². The topological polar surface area (TPSA) is 29.4 Å². The van der Waals surface area contributed by atoms with Crippen LogP contribution in [0, 0.1) is 0 Å². The number of rotatable bonds is 2. The summed E-state index contributed by atoms with van der Waals surface area (Å²) in [5.41, 5.74) is 1.92. The molecule has 94 valence electrons. The molecule has 1 heterocycles. The molecule has 0 N–H and O–H groups in total. The highest BCUT2D eigenvalue weighted by Crippen LogP contribution is 2.38. The predicted molar refractivity (Wildman–Crippen MR) is 79.8 cm³/mol. The van der Waals surface area contributed by atoms with E-state index in [1.165, 1.54) is 11.8 Å². The summed E-state index contributed by atoms with van der Waals surface area (Å²) in [6, 6.07) is 17.1. The van der Waals surface area contributed by atoms with Crippen LogP contribution in [-0.2, 0) is 4.79 Å². The van der Waals surface area contributed by atoms with Crippen LogP contribution in [0.25, 0.3) is 0 Å². The molecular formula is C15H10ClNOS. The molecule has 0 fully saturated rings. The predicted octanol–water partition coefficient (Wildman–Crippen LogP) is 4.10. The molecule has 1 amide bonds. The van der Waals surface area contributed by atoms with Gasteiger partial charge in [0, 0.05) is 10.6 Å². The Morgan fingerprint density at radius 1 is 1.00 bits per heavy atom. The third kappa shape index (κ3) is 2.57. The van der Waals surface area contributed by atoms with Gasteiger partial charge >= 0.3 is 0 Å². The monoisotopic (exact) mass is 287 g/mol. The van der Waals surface area contributed by atoms with Crippen LogP contribution in [0.5, 0.6) is 0 Å². The largest absolute Gasteiger partial charge is 0.271 e. The summed E-state index contributed by atoms with van der Waals surface area (Å²) in [5.74, 6) is -0.0962. The lowest BCUT2D eigenvalue weighted by Gasteiger charge is -2.06. The second kappa shape index (κ2) is 5.19. The van der Waals surface area contributed by atoms with Crippen molar-refractivity contribution in [2.24, 2.45) is 4.99 Å². The number of hydrogen-bond donors (Lipinski definition) is 0. The Kier molecular flexibility index (Phi) is 3.40. The maximum absolute atomic E-state index is 12.0. The number of hydrogen-bond acceptors (Lipinski definition) is 2. The van der Waals surface area contributed by atoms with Crippen molar-refractivity contribution in [1.29, 1.82) is 0 Å². The highest BCUT2D eigenvalue weighted by atomic mass is 35.5. The molecule has 2 aromatic rings. The molecule has 0 aromatic heterocycles. The van der Waals surface area contributed by atoms with Gasteiger partial charge in [-0.25, -0.2) is 4.99 Å². The first-order valence-corrected chi connectivity index (χ1v) is 7.10. The second-order valence-corrected chi connectivity index (χ2v) is 5.70. The van der Waals surface area contributed by atoms with Gasteiger partial charge in [-0.05, 0) is 17.7 Å². The number of benzene rings is 2. The second-order valence-electron chi connectivity index (χ2n) is 4.17. The third-order valence-electron chi connectivity index (χ3n) is 2.86. The highest BCUT2D eigenvalue weighted by molar-refractivity contribution is 8.15. The zero-order valence-corrected chi connectivity index (χ0v) is 11.5. The van der Waals surface area contributed by atoms with Crippen LogP contribution >= 0.6 is 23.4 Å². The van der Waals surface area contributed by atoms with Gasteiger partial charge in [-0.2, -0.15) is 0 Å². The van der Waals surface area contributed by atoms with Crippen molar-refractivity contribution < 1.29 is 4.79 Å². The highest BCUT2D eigenvalue weighted by Gasteiger charge is 2.30. The minimum absolute atomic E-state index is 0.0962. The molecule has 0 bridgehead atoms. The molecule has 0 aliphatic carbocycles. The average Bonchev–Trinajstić information content (AvgIpc) is 2.83. The Bertz CT molecular complexity index is 637. The number of aliphatic imine (C=N–C) groups is 1. The van der Waals surface area contributed by atoms with E-state index >= 15 is 0 Å². The Hall–Kier alpha value is -1.58. The van der Waals surface area contributed by atoms with Gasteiger partial charge in [-0.1, -0.05) is 65.8 Å². The lowest BCUT2D eigenvalue weighted by Crippen LogP contribution is -2.00. The Balaban J connectivity index is 1.86. The number of nitrogens with zero attached hydrogens (tertiary/aromatic N) is 1. The fraction of sp³-hybridized carbons (Fsp3) is 0.0667. The van der Waals surface area contributed by atoms with E-state index in [9.17, 15) is 4.79 Å². The van der Waals surface area contributed by atoms with Gasteiger partial charge in [0.2, 0.25) is 0 Å². The minimum Gasteiger partial charge on any atom is -0.271 e. The molecule has 1 unspecified atom stereocenters. The van der Waals surface area contributed by atoms with Crippen LogP contribution in [0.2, 0.25) is 5.02 Å². The van der Waals surface area contributed by atoms with E-state index in [2.05, 4.69) is 4.99 Å². The summed E-state index contributed by atoms with van der Waals surface area (Å²) < 4.78 is 0. The number of carbonyl (C=O) groups excluding carboxylic acids is 1. The van der Waals surface area contributed by atoms with Crippen molar-refractivity contribution in [3.8, 4) is 0 Å². The van der Waals surface area contributed by atoms with E-state index in [4.69, 9.17) is 11.6 Å². The van der Waals surface area contributed by atoms with Crippen LogP contribution in [-0.4, -0.2) is 11.0 Å². The van der Waals surface area contributed by atoms with Gasteiger partial charge in [-0.15, -0.1) is 0 Å². The molecule has 2 nitrogen and oxygen atoms in total. The van der Waals surface area contributed by atoms with E-state index in [-0.39, 0.29) is 11.2 Å². The standard InChI is InChI=1S/C15H10ClNOS/c16-12-8-6-11(7-9-12)15-17-14(18)13(19-15)10-4-2-1-3-5-10/h1-9,13H. The SMILES string of the molecule is O=C1N=C(c2ccc(Cl)cc2)SC1c1ccccc1. The summed E-state index contributed by atoms with van der Waals surface area (Å²) in [5, 5.41) is 1.21. The van der Waals surface area contributed by atoms with Crippen LogP contribution in [0.4, 0.5) is 0 Å². The van der Waals surface area contributed by atoms with Crippen molar-refractivity contribution in [1.82, 2.24) is 0 Å². The molecule has 3 rings (SSSR count). The van der Waals surface area contributed by atoms with Crippen molar-refractivity contribution in [2.45, 2.75) is 5.25 Å². The van der Waals surface area contributed by atoms with Gasteiger partial charge in [0.25, 0.3) is 5.91 Å². The number of amides is 1. The summed E-state index contributed by atoms with van der Waals surface area (Å²) in [6.07, 6.45) is 0. The summed E-state index contributed by atoms with van der Waals surface area (Å²) in [7, 11) is 0. The lowest BCUT2D eigenvalue weighted by molar-refractivity contribution is -0.117. The molecule has 0 saturated heterocycles. The van der Waals surface area contributed by atoms with E-state index < -0.39 is 0 Å². The molecular weight excluding hydrogens is 278 g/mol. The number of thioether (sulfide) groups is 1. The lowest BCUT2D eigenvalue weighted by atomic mass is 10.1. The van der Waals surface area contributed by atoms with E-state index in [0.717, 1.165) is 16.2 Å². The quantitative estimate of drug-likeness (QED) is 0.832. The van der Waals surface area contributed by atoms with Crippen molar-refractivity contribution in [3.05, 3.63) is 70.7 Å². The molecule has 1 aliphatic rings. The molecule has 1 aliphatic heterocycles. The van der Waals surface area contributed by atoms with Gasteiger partial charge in [0.15, 0.2) is 0 Å². The fourth-order valence-corrected chi connectivity index (χ4v) is 3.12. The maximum Gasteiger partial charge on any atom is 0.264 e. The molecule has 1 atom stereocenters. The van der Waals surface area contributed by atoms with Gasteiger partial charge in [0.1, 0.15) is 10.3 Å². The summed E-state index contributed by atoms with van der Waals surface area (Å²) in [6.45, 7) is 0. The molecule has 19 heavy (non-hydrogen) atoms. The molecule has 0 radical (unpaired) electrons. The first-order valence-electron chi connectivity index (χ1n) is 5.84. The molecule has 2 aromatic carbocycles. The van der Waals surface area contributed by atoms with Crippen LogP contribution in [0.15, 0.2) is 59.6 Å². The van der Waals surface area contributed by atoms with Crippen molar-refractivity contribution in [2.75, 3.05) is 0 Å². The van der Waals surface area contributed by atoms with Gasteiger partial charge in [-0.3, -0.25) is 4.79 Å². The first kappa shape index (κ1) is 12.5. The van der Waals surface area contributed by atoms with Crippen LogP contribution in [0.1, 0.15) is 16.4 Å². The van der Waals surface area contributed by atoms with Gasteiger partial charge in [0.05, 0.1) is 0 Å². The summed E-state index contributed by atoms with van der Waals surface area (Å²) in [4.78, 5) is 16.1. The number of halogens is 1. The third-order valence-corrected chi connectivity index (χ3v) is 4.37. The normalized spacial score (nSPS) is 18.5. The zero-order chi connectivity index (χ0) is 13.2. The fourth-order valence-electron chi connectivity index (χ4n) is 1.91. The smallest absolute Gasteiger partial charge is 0.264 e.